The van der Waals surface area contributed by atoms with E-state index in [0.29, 0.717) is 0 Å². The first-order chi connectivity index (χ1) is 26.3. The molecule has 4 heteroatoms. The Bertz CT molecular complexity index is 2860. The van der Waals surface area contributed by atoms with Crippen LogP contribution in [0.4, 0.5) is 17.1 Å². The Hall–Kier alpha value is -6.75. The summed E-state index contributed by atoms with van der Waals surface area (Å²) in [5, 5.41) is 3.09. The maximum Gasteiger partial charge on any atom is 0.161 e. The van der Waals surface area contributed by atoms with E-state index in [9.17, 15) is 0 Å². The van der Waals surface area contributed by atoms with E-state index in [2.05, 4.69) is 187 Å². The molecule has 0 amide bonds. The largest absolute Gasteiger partial charge is 0.454 e. The highest BCUT2D eigenvalue weighted by Gasteiger charge is 2.27. The minimum absolute atomic E-state index is 0.836. The zero-order valence-electron chi connectivity index (χ0n) is 28.7. The topological polar surface area (TPSA) is 29.3 Å². The van der Waals surface area contributed by atoms with Crippen molar-refractivity contribution in [1.29, 1.82) is 0 Å². The third-order valence-electron chi connectivity index (χ3n) is 9.92. The second-order valence-corrected chi connectivity index (χ2v) is 14.1. The van der Waals surface area contributed by atoms with Gasteiger partial charge in [-0.3, -0.25) is 0 Å². The summed E-state index contributed by atoms with van der Waals surface area (Å²) in [6.07, 6.45) is 0. The fraction of sp³-hybridized carbons (Fsp3) is 0. The molecule has 0 aliphatic heterocycles. The van der Waals surface area contributed by atoms with Gasteiger partial charge in [0.05, 0.1) is 15.9 Å². The Morgan fingerprint density at radius 3 is 1.66 bits per heavy atom. The summed E-state index contributed by atoms with van der Waals surface area (Å²) in [6.45, 7) is 0. The lowest BCUT2D eigenvalue weighted by Gasteiger charge is -2.28. The monoisotopic (exact) mass is 696 g/mol. The summed E-state index contributed by atoms with van der Waals surface area (Å²) < 4.78 is 7.94. The Morgan fingerprint density at radius 2 is 0.981 bits per heavy atom. The van der Waals surface area contributed by atoms with Gasteiger partial charge in [0.1, 0.15) is 16.3 Å². The summed E-state index contributed by atoms with van der Waals surface area (Å²) in [4.78, 5) is 7.66. The van der Waals surface area contributed by atoms with Crippen molar-refractivity contribution < 1.29 is 4.42 Å². The molecule has 0 radical (unpaired) electrons. The molecular weight excluding hydrogens is 665 g/mol. The predicted octanol–water partition coefficient (Wildman–Crippen LogP) is 14.3. The van der Waals surface area contributed by atoms with E-state index in [4.69, 9.17) is 9.40 Å². The Labute approximate surface area is 311 Å². The number of hydrogen-bond acceptors (Lipinski definition) is 4. The Kier molecular flexibility index (Phi) is 7.67. The molecule has 0 bridgehead atoms. The number of anilines is 3. The molecule has 0 aliphatic rings. The third-order valence-corrected chi connectivity index (χ3v) is 11.1. The van der Waals surface area contributed by atoms with Crippen molar-refractivity contribution in [3.8, 4) is 44.0 Å². The van der Waals surface area contributed by atoms with Crippen LogP contribution in [-0.4, -0.2) is 4.98 Å². The average molecular weight is 697 g/mol. The molecule has 2 aromatic heterocycles. The molecule has 0 aliphatic carbocycles. The number of nitrogens with zero attached hydrogens (tertiary/aromatic N) is 2. The van der Waals surface area contributed by atoms with Crippen LogP contribution in [0.1, 0.15) is 0 Å². The first-order valence-corrected chi connectivity index (χ1v) is 18.6. The Morgan fingerprint density at radius 1 is 0.453 bits per heavy atom. The van der Waals surface area contributed by atoms with Crippen molar-refractivity contribution in [2.75, 3.05) is 4.90 Å². The van der Waals surface area contributed by atoms with Crippen molar-refractivity contribution in [3.63, 3.8) is 0 Å². The van der Waals surface area contributed by atoms with Crippen molar-refractivity contribution in [2.45, 2.75) is 0 Å². The lowest BCUT2D eigenvalue weighted by Crippen LogP contribution is -2.12. The molecule has 0 spiro atoms. The molecule has 0 saturated heterocycles. The SMILES string of the molecule is c1ccc(-c2ccc(-c3ccccc3N(c3ccc(-c4ccccc4)cc3)c3c4oc5ccccc5c4cc4nc(-c5ccccc5)sc34)cc2)cc1. The second-order valence-electron chi connectivity index (χ2n) is 13.1. The maximum atomic E-state index is 6.87. The quantitative estimate of drug-likeness (QED) is 0.166. The molecule has 3 nitrogen and oxygen atoms in total. The molecule has 10 aromatic rings. The summed E-state index contributed by atoms with van der Waals surface area (Å²) >= 11 is 1.71. The number of rotatable bonds is 7. The minimum atomic E-state index is 0.836. The normalized spacial score (nSPS) is 11.4. The zero-order chi connectivity index (χ0) is 35.1. The first-order valence-electron chi connectivity index (χ1n) is 17.8. The van der Waals surface area contributed by atoms with E-state index in [1.807, 2.05) is 12.1 Å². The van der Waals surface area contributed by atoms with Gasteiger partial charge in [-0.15, -0.1) is 11.3 Å². The van der Waals surface area contributed by atoms with Gasteiger partial charge in [-0.05, 0) is 58.1 Å². The number of furan rings is 1. The van der Waals surface area contributed by atoms with Crippen molar-refractivity contribution >= 4 is 60.6 Å². The third kappa shape index (κ3) is 5.57. The summed E-state index contributed by atoms with van der Waals surface area (Å²) in [6, 6.07) is 68.5. The number of fused-ring (bicyclic) bond motifs is 4. The van der Waals surface area contributed by atoms with Gasteiger partial charge in [-0.1, -0.05) is 164 Å². The predicted molar refractivity (Wildman–Crippen MR) is 223 cm³/mol. The van der Waals surface area contributed by atoms with E-state index in [1.54, 1.807) is 11.3 Å². The number of thiazole rings is 1. The number of benzene rings is 8. The molecule has 0 saturated carbocycles. The van der Waals surface area contributed by atoms with Crippen LogP contribution < -0.4 is 4.90 Å². The van der Waals surface area contributed by atoms with Crippen LogP contribution in [0, 0.1) is 0 Å². The highest BCUT2D eigenvalue weighted by Crippen LogP contribution is 2.51. The maximum absolute atomic E-state index is 6.87. The molecule has 0 atom stereocenters. The van der Waals surface area contributed by atoms with Crippen molar-refractivity contribution in [2.24, 2.45) is 0 Å². The summed E-state index contributed by atoms with van der Waals surface area (Å²) in [5.41, 5.74) is 13.8. The molecular formula is C49H32N2OS. The number of aromatic nitrogens is 1. The van der Waals surface area contributed by atoms with Crippen molar-refractivity contribution in [3.05, 3.63) is 194 Å². The van der Waals surface area contributed by atoms with E-state index in [-0.39, 0.29) is 0 Å². The van der Waals surface area contributed by atoms with E-state index in [0.717, 1.165) is 76.5 Å². The van der Waals surface area contributed by atoms with E-state index >= 15 is 0 Å². The smallest absolute Gasteiger partial charge is 0.161 e. The number of hydrogen-bond donors (Lipinski definition) is 0. The first kappa shape index (κ1) is 31.0. The van der Waals surface area contributed by atoms with Gasteiger partial charge in [0.15, 0.2) is 5.58 Å². The lowest BCUT2D eigenvalue weighted by molar-refractivity contribution is 0.669. The van der Waals surface area contributed by atoms with Crippen LogP contribution in [0.25, 0.3) is 76.1 Å². The van der Waals surface area contributed by atoms with E-state index < -0.39 is 0 Å². The fourth-order valence-electron chi connectivity index (χ4n) is 7.34. The number of para-hydroxylation sites is 2. The molecule has 0 N–H and O–H groups in total. The highest BCUT2D eigenvalue weighted by atomic mass is 32.1. The van der Waals surface area contributed by atoms with Crippen LogP contribution in [0.5, 0.6) is 0 Å². The Balaban J connectivity index is 1.24. The van der Waals surface area contributed by atoms with Crippen LogP contribution in [0.3, 0.4) is 0 Å². The fourth-order valence-corrected chi connectivity index (χ4v) is 8.42. The molecule has 0 unspecified atom stereocenters. The molecule has 10 rings (SSSR count). The van der Waals surface area contributed by atoms with Crippen LogP contribution in [0.15, 0.2) is 199 Å². The van der Waals surface area contributed by atoms with Gasteiger partial charge in [0.2, 0.25) is 0 Å². The van der Waals surface area contributed by atoms with Crippen LogP contribution >= 0.6 is 11.3 Å². The molecule has 53 heavy (non-hydrogen) atoms. The molecule has 2 heterocycles. The second kappa shape index (κ2) is 13.1. The summed E-state index contributed by atoms with van der Waals surface area (Å²) in [5.74, 6) is 0. The molecule has 8 aromatic carbocycles. The standard InChI is InChI=1S/C49H32N2OS/c1-4-14-33(15-5-1)35-24-26-37(27-25-35)40-20-10-12-22-44(40)51(39-30-28-36(29-31-39)34-16-6-2-7-17-34)46-47-42(41-21-11-13-23-45(41)52-47)32-43-48(46)53-49(50-43)38-18-8-3-9-19-38/h1-32H. The zero-order valence-corrected chi connectivity index (χ0v) is 29.5. The van der Waals surface area contributed by atoms with Gasteiger partial charge in [0, 0.05) is 27.6 Å². The molecule has 250 valence electrons. The van der Waals surface area contributed by atoms with Crippen LogP contribution in [0.2, 0.25) is 0 Å². The lowest BCUT2D eigenvalue weighted by atomic mass is 9.98. The van der Waals surface area contributed by atoms with Gasteiger partial charge in [-0.25, -0.2) is 4.98 Å². The van der Waals surface area contributed by atoms with Gasteiger partial charge in [-0.2, -0.15) is 0 Å². The van der Waals surface area contributed by atoms with Crippen molar-refractivity contribution in [1.82, 2.24) is 4.98 Å². The highest BCUT2D eigenvalue weighted by molar-refractivity contribution is 7.22. The van der Waals surface area contributed by atoms with Gasteiger partial charge in [0.25, 0.3) is 0 Å². The average Bonchev–Trinajstić information content (AvgIpc) is 3.84. The van der Waals surface area contributed by atoms with E-state index in [1.165, 1.54) is 16.7 Å². The summed E-state index contributed by atoms with van der Waals surface area (Å²) in [7, 11) is 0. The van der Waals surface area contributed by atoms with Gasteiger partial charge < -0.3 is 9.32 Å². The van der Waals surface area contributed by atoms with Crippen LogP contribution in [-0.2, 0) is 0 Å². The van der Waals surface area contributed by atoms with Gasteiger partial charge >= 0.3 is 0 Å². The molecule has 0 fully saturated rings. The minimum Gasteiger partial charge on any atom is -0.454 e.